The lowest BCUT2D eigenvalue weighted by Crippen LogP contribution is -2.19. The second-order valence-electron chi connectivity index (χ2n) is 4.29. The highest BCUT2D eigenvalue weighted by atomic mass is 32.1. The molecule has 0 aromatic carbocycles. The number of nitrogens with zero attached hydrogens (tertiary/aromatic N) is 1. The number of hydrogen-bond acceptors (Lipinski definition) is 3. The van der Waals surface area contributed by atoms with Gasteiger partial charge in [0.05, 0.1) is 11.4 Å². The van der Waals surface area contributed by atoms with Crippen LogP contribution in [0, 0.1) is 12.3 Å². The van der Waals surface area contributed by atoms with Crippen molar-refractivity contribution in [2.75, 3.05) is 0 Å². The molecule has 0 fully saturated rings. The van der Waals surface area contributed by atoms with E-state index in [1.807, 2.05) is 26.2 Å². The van der Waals surface area contributed by atoms with Crippen molar-refractivity contribution in [1.82, 2.24) is 4.98 Å². The van der Waals surface area contributed by atoms with Gasteiger partial charge in [0.2, 0.25) is 0 Å². The van der Waals surface area contributed by atoms with Crippen LogP contribution in [0.25, 0.3) is 0 Å². The SMILES string of the molecule is Cc1csc(CC(C)(C)CC(=O)O)n1. The van der Waals surface area contributed by atoms with Gasteiger partial charge in [-0.3, -0.25) is 4.79 Å². The van der Waals surface area contributed by atoms with Gasteiger partial charge in [-0.2, -0.15) is 0 Å². The molecule has 1 aromatic heterocycles. The Balaban J connectivity index is 2.63. The van der Waals surface area contributed by atoms with Crippen molar-refractivity contribution in [3.8, 4) is 0 Å². The minimum Gasteiger partial charge on any atom is -0.481 e. The first kappa shape index (κ1) is 11.2. The van der Waals surface area contributed by atoms with Crippen LogP contribution >= 0.6 is 11.3 Å². The van der Waals surface area contributed by atoms with Gasteiger partial charge < -0.3 is 5.11 Å². The molecule has 14 heavy (non-hydrogen) atoms. The maximum absolute atomic E-state index is 10.6. The van der Waals surface area contributed by atoms with E-state index in [9.17, 15) is 4.79 Å². The Morgan fingerprint density at radius 1 is 1.64 bits per heavy atom. The summed E-state index contributed by atoms with van der Waals surface area (Å²) in [5.74, 6) is -0.747. The Kier molecular flexibility index (Phi) is 3.26. The monoisotopic (exact) mass is 213 g/mol. The highest BCUT2D eigenvalue weighted by Crippen LogP contribution is 2.27. The third-order valence-electron chi connectivity index (χ3n) is 1.93. The van der Waals surface area contributed by atoms with E-state index >= 15 is 0 Å². The lowest BCUT2D eigenvalue weighted by atomic mass is 9.86. The number of carboxylic acids is 1. The Labute approximate surface area is 87.8 Å². The Hall–Kier alpha value is -0.900. The third-order valence-corrected chi connectivity index (χ3v) is 2.89. The summed E-state index contributed by atoms with van der Waals surface area (Å²) in [6, 6.07) is 0. The number of aryl methyl sites for hydroxylation is 1. The summed E-state index contributed by atoms with van der Waals surface area (Å²) in [7, 11) is 0. The van der Waals surface area contributed by atoms with E-state index in [0.29, 0.717) is 0 Å². The van der Waals surface area contributed by atoms with Crippen LogP contribution in [0.5, 0.6) is 0 Å². The minimum absolute atomic E-state index is 0.186. The molecule has 0 unspecified atom stereocenters. The molecular formula is C10H15NO2S. The smallest absolute Gasteiger partial charge is 0.303 e. The summed E-state index contributed by atoms with van der Waals surface area (Å²) < 4.78 is 0. The van der Waals surface area contributed by atoms with E-state index < -0.39 is 5.97 Å². The van der Waals surface area contributed by atoms with Crippen LogP contribution in [0.15, 0.2) is 5.38 Å². The van der Waals surface area contributed by atoms with Gasteiger partial charge in [-0.05, 0) is 12.3 Å². The van der Waals surface area contributed by atoms with Gasteiger partial charge in [0.1, 0.15) is 0 Å². The summed E-state index contributed by atoms with van der Waals surface area (Å²) in [4.78, 5) is 14.9. The number of carboxylic acid groups (broad SMARTS) is 1. The number of hydrogen-bond donors (Lipinski definition) is 1. The zero-order chi connectivity index (χ0) is 10.8. The number of rotatable bonds is 4. The lowest BCUT2D eigenvalue weighted by molar-refractivity contribution is -0.139. The van der Waals surface area contributed by atoms with E-state index in [4.69, 9.17) is 5.11 Å². The number of carbonyl (C=O) groups is 1. The van der Waals surface area contributed by atoms with Crippen molar-refractivity contribution in [2.24, 2.45) is 5.41 Å². The fourth-order valence-electron chi connectivity index (χ4n) is 1.37. The molecule has 0 aliphatic heterocycles. The average Bonchev–Trinajstić information content (AvgIpc) is 2.30. The molecule has 0 aliphatic rings. The van der Waals surface area contributed by atoms with Crippen molar-refractivity contribution < 1.29 is 9.90 Å². The molecule has 0 amide bonds. The van der Waals surface area contributed by atoms with Crippen molar-refractivity contribution in [3.63, 3.8) is 0 Å². The number of aliphatic carboxylic acids is 1. The molecule has 0 spiro atoms. The van der Waals surface area contributed by atoms with E-state index in [1.165, 1.54) is 0 Å². The van der Waals surface area contributed by atoms with Crippen LogP contribution in [0.3, 0.4) is 0 Å². The van der Waals surface area contributed by atoms with Gasteiger partial charge in [-0.25, -0.2) is 4.98 Å². The predicted molar refractivity (Wildman–Crippen MR) is 56.6 cm³/mol. The van der Waals surface area contributed by atoms with Gasteiger partial charge in [-0.1, -0.05) is 13.8 Å². The van der Waals surface area contributed by atoms with Gasteiger partial charge >= 0.3 is 5.97 Å². The summed E-state index contributed by atoms with van der Waals surface area (Å²) in [6.07, 6.45) is 0.920. The zero-order valence-electron chi connectivity index (χ0n) is 8.70. The highest BCUT2D eigenvalue weighted by molar-refractivity contribution is 7.09. The zero-order valence-corrected chi connectivity index (χ0v) is 9.52. The van der Waals surface area contributed by atoms with E-state index in [0.717, 1.165) is 17.1 Å². The molecule has 78 valence electrons. The molecule has 0 aliphatic carbocycles. The molecule has 1 N–H and O–H groups in total. The van der Waals surface area contributed by atoms with Crippen LogP contribution < -0.4 is 0 Å². The molecule has 1 heterocycles. The fourth-order valence-corrected chi connectivity index (χ4v) is 2.40. The predicted octanol–water partition coefficient (Wildman–Crippen LogP) is 2.49. The molecule has 3 nitrogen and oxygen atoms in total. The maximum atomic E-state index is 10.6. The molecule has 0 saturated heterocycles. The van der Waals surface area contributed by atoms with Gasteiger partial charge in [0.25, 0.3) is 0 Å². The van der Waals surface area contributed by atoms with Crippen LogP contribution in [0.1, 0.15) is 31.0 Å². The first-order chi connectivity index (χ1) is 6.39. The van der Waals surface area contributed by atoms with E-state index in [-0.39, 0.29) is 11.8 Å². The van der Waals surface area contributed by atoms with Crippen molar-refractivity contribution >= 4 is 17.3 Å². The summed E-state index contributed by atoms with van der Waals surface area (Å²) >= 11 is 1.60. The lowest BCUT2D eigenvalue weighted by Gasteiger charge is -2.20. The van der Waals surface area contributed by atoms with Gasteiger partial charge in [0.15, 0.2) is 0 Å². The molecule has 0 bridgehead atoms. The molecular weight excluding hydrogens is 198 g/mol. The second-order valence-corrected chi connectivity index (χ2v) is 5.24. The van der Waals surface area contributed by atoms with Crippen LogP contribution in [0.2, 0.25) is 0 Å². The molecule has 1 rings (SSSR count). The van der Waals surface area contributed by atoms with Crippen LogP contribution in [-0.4, -0.2) is 16.1 Å². The molecule has 4 heteroatoms. The molecule has 0 radical (unpaired) electrons. The van der Waals surface area contributed by atoms with Crippen molar-refractivity contribution in [1.29, 1.82) is 0 Å². The van der Waals surface area contributed by atoms with Crippen molar-refractivity contribution in [2.45, 2.75) is 33.6 Å². The quantitative estimate of drug-likeness (QED) is 0.836. The van der Waals surface area contributed by atoms with Gasteiger partial charge in [-0.15, -0.1) is 11.3 Å². The van der Waals surface area contributed by atoms with Crippen molar-refractivity contribution in [3.05, 3.63) is 16.1 Å². The second kappa shape index (κ2) is 4.09. The summed E-state index contributed by atoms with van der Waals surface area (Å²) in [6.45, 7) is 5.86. The first-order valence-electron chi connectivity index (χ1n) is 4.52. The number of thiazole rings is 1. The van der Waals surface area contributed by atoms with Gasteiger partial charge in [0, 0.05) is 17.5 Å². The normalized spacial score (nSPS) is 11.6. The Morgan fingerprint density at radius 2 is 2.29 bits per heavy atom. The maximum Gasteiger partial charge on any atom is 0.303 e. The molecule has 0 atom stereocenters. The third kappa shape index (κ3) is 3.46. The highest BCUT2D eigenvalue weighted by Gasteiger charge is 2.23. The Bertz CT molecular complexity index is 331. The van der Waals surface area contributed by atoms with Crippen LogP contribution in [0.4, 0.5) is 0 Å². The largest absolute Gasteiger partial charge is 0.481 e. The molecule has 0 saturated carbocycles. The standard InChI is InChI=1S/C10H15NO2S/c1-7-6-14-8(11-7)4-10(2,3)5-9(12)13/h6H,4-5H2,1-3H3,(H,12,13). The topological polar surface area (TPSA) is 50.2 Å². The summed E-state index contributed by atoms with van der Waals surface area (Å²) in [5.41, 5.74) is 0.798. The van der Waals surface area contributed by atoms with Crippen LogP contribution in [-0.2, 0) is 11.2 Å². The minimum atomic E-state index is -0.747. The first-order valence-corrected chi connectivity index (χ1v) is 5.40. The summed E-state index contributed by atoms with van der Waals surface area (Å²) in [5, 5.41) is 11.7. The molecule has 1 aromatic rings. The number of aromatic nitrogens is 1. The Morgan fingerprint density at radius 3 is 2.71 bits per heavy atom. The fraction of sp³-hybridized carbons (Fsp3) is 0.600. The van der Waals surface area contributed by atoms with E-state index in [1.54, 1.807) is 11.3 Å². The average molecular weight is 213 g/mol. The van der Waals surface area contributed by atoms with E-state index in [2.05, 4.69) is 4.98 Å².